The van der Waals surface area contributed by atoms with Crippen LogP contribution in [0, 0.1) is 17.2 Å². The summed E-state index contributed by atoms with van der Waals surface area (Å²) in [5.41, 5.74) is 0. The number of ether oxygens (including phenoxy) is 1. The van der Waals surface area contributed by atoms with Gasteiger partial charge in [0, 0.05) is 20.1 Å². The van der Waals surface area contributed by atoms with Crippen LogP contribution in [0.5, 0.6) is 0 Å². The SMILES string of the molecule is CCC(CC#N)CCOC. The molecule has 2 nitrogen and oxygen atoms in total. The fraction of sp³-hybridized carbons (Fsp3) is 0.875. The molecule has 1 unspecified atom stereocenters. The Hall–Kier alpha value is -0.550. The third-order valence-electron chi connectivity index (χ3n) is 1.69. The van der Waals surface area contributed by atoms with Crippen LogP contribution in [-0.2, 0) is 4.74 Å². The van der Waals surface area contributed by atoms with Gasteiger partial charge < -0.3 is 4.74 Å². The predicted octanol–water partition coefficient (Wildman–Crippen LogP) is 1.96. The molecule has 0 aliphatic rings. The maximum absolute atomic E-state index is 8.38. The molecule has 0 saturated heterocycles. The molecule has 0 fully saturated rings. The first kappa shape index (κ1) is 9.45. The number of hydrogen-bond donors (Lipinski definition) is 0. The standard InChI is InChI=1S/C8H15NO/c1-3-8(4-6-9)5-7-10-2/h8H,3-5,7H2,1-2H3. The summed E-state index contributed by atoms with van der Waals surface area (Å²) in [7, 11) is 1.69. The molecular weight excluding hydrogens is 126 g/mol. The highest BCUT2D eigenvalue weighted by Gasteiger charge is 2.03. The highest BCUT2D eigenvalue weighted by Crippen LogP contribution is 2.11. The van der Waals surface area contributed by atoms with Crippen molar-refractivity contribution in [2.24, 2.45) is 5.92 Å². The van der Waals surface area contributed by atoms with E-state index in [1.807, 2.05) is 0 Å². The van der Waals surface area contributed by atoms with Crippen LogP contribution < -0.4 is 0 Å². The molecule has 0 bridgehead atoms. The van der Waals surface area contributed by atoms with Crippen molar-refractivity contribution in [3.63, 3.8) is 0 Å². The zero-order chi connectivity index (χ0) is 7.82. The fourth-order valence-electron chi connectivity index (χ4n) is 0.864. The average molecular weight is 141 g/mol. The van der Waals surface area contributed by atoms with E-state index >= 15 is 0 Å². The van der Waals surface area contributed by atoms with E-state index < -0.39 is 0 Å². The van der Waals surface area contributed by atoms with Crippen LogP contribution in [0.1, 0.15) is 26.2 Å². The zero-order valence-electron chi connectivity index (χ0n) is 6.76. The lowest BCUT2D eigenvalue weighted by molar-refractivity contribution is 0.177. The number of nitrogens with zero attached hydrogens (tertiary/aromatic N) is 1. The summed E-state index contributed by atoms with van der Waals surface area (Å²) in [6, 6.07) is 2.17. The maximum atomic E-state index is 8.38. The minimum atomic E-state index is 0.532. The maximum Gasteiger partial charge on any atom is 0.0624 e. The van der Waals surface area contributed by atoms with Crippen LogP contribution in [-0.4, -0.2) is 13.7 Å². The summed E-state index contributed by atoms with van der Waals surface area (Å²) in [4.78, 5) is 0. The largest absolute Gasteiger partial charge is 0.385 e. The van der Waals surface area contributed by atoms with Gasteiger partial charge in [0.05, 0.1) is 6.07 Å². The number of nitriles is 1. The molecule has 0 amide bonds. The number of methoxy groups -OCH3 is 1. The molecule has 0 aromatic carbocycles. The Morgan fingerprint density at radius 3 is 2.70 bits per heavy atom. The molecule has 10 heavy (non-hydrogen) atoms. The van der Waals surface area contributed by atoms with E-state index in [0.29, 0.717) is 12.3 Å². The first-order chi connectivity index (χ1) is 4.85. The molecule has 0 aliphatic carbocycles. The quantitative estimate of drug-likeness (QED) is 0.586. The van der Waals surface area contributed by atoms with Crippen LogP contribution in [0.2, 0.25) is 0 Å². The van der Waals surface area contributed by atoms with Gasteiger partial charge in [-0.05, 0) is 12.3 Å². The number of hydrogen-bond acceptors (Lipinski definition) is 2. The van der Waals surface area contributed by atoms with E-state index in [-0.39, 0.29) is 0 Å². The summed E-state index contributed by atoms with van der Waals surface area (Å²) in [5, 5.41) is 8.38. The van der Waals surface area contributed by atoms with E-state index in [1.54, 1.807) is 7.11 Å². The summed E-state index contributed by atoms with van der Waals surface area (Å²) in [6.07, 6.45) is 2.76. The lowest BCUT2D eigenvalue weighted by Crippen LogP contribution is -2.01. The average Bonchev–Trinajstić information content (AvgIpc) is 1.98. The van der Waals surface area contributed by atoms with Gasteiger partial charge in [-0.2, -0.15) is 5.26 Å². The Morgan fingerprint density at radius 1 is 1.60 bits per heavy atom. The van der Waals surface area contributed by atoms with Gasteiger partial charge in [-0.15, -0.1) is 0 Å². The minimum Gasteiger partial charge on any atom is -0.385 e. The monoisotopic (exact) mass is 141 g/mol. The Labute approximate surface area is 62.8 Å². The smallest absolute Gasteiger partial charge is 0.0624 e. The first-order valence-electron chi connectivity index (χ1n) is 3.71. The molecule has 0 radical (unpaired) electrons. The Balaban J connectivity index is 3.32. The minimum absolute atomic E-state index is 0.532. The molecule has 0 aromatic heterocycles. The second kappa shape index (κ2) is 6.57. The van der Waals surface area contributed by atoms with Crippen LogP contribution in [0.4, 0.5) is 0 Å². The van der Waals surface area contributed by atoms with Gasteiger partial charge in [0.1, 0.15) is 0 Å². The molecule has 2 heteroatoms. The Bertz CT molecular complexity index is 106. The van der Waals surface area contributed by atoms with Crippen molar-refractivity contribution in [3.05, 3.63) is 0 Å². The molecule has 0 spiro atoms. The highest BCUT2D eigenvalue weighted by atomic mass is 16.5. The van der Waals surface area contributed by atoms with E-state index in [0.717, 1.165) is 19.4 Å². The van der Waals surface area contributed by atoms with E-state index in [9.17, 15) is 0 Å². The molecule has 0 saturated carbocycles. The lowest BCUT2D eigenvalue weighted by Gasteiger charge is -2.08. The number of rotatable bonds is 5. The molecule has 0 rings (SSSR count). The van der Waals surface area contributed by atoms with E-state index in [1.165, 1.54) is 0 Å². The van der Waals surface area contributed by atoms with Crippen molar-refractivity contribution in [1.29, 1.82) is 5.26 Å². The van der Waals surface area contributed by atoms with Gasteiger partial charge in [-0.25, -0.2) is 0 Å². The Kier molecular flexibility index (Phi) is 6.21. The van der Waals surface area contributed by atoms with Crippen LogP contribution in [0.3, 0.4) is 0 Å². The van der Waals surface area contributed by atoms with Crippen molar-refractivity contribution >= 4 is 0 Å². The van der Waals surface area contributed by atoms with Crippen molar-refractivity contribution < 1.29 is 4.74 Å². The van der Waals surface area contributed by atoms with Crippen LogP contribution in [0.25, 0.3) is 0 Å². The van der Waals surface area contributed by atoms with Crippen LogP contribution >= 0.6 is 0 Å². The second-order valence-electron chi connectivity index (χ2n) is 2.42. The van der Waals surface area contributed by atoms with Crippen molar-refractivity contribution in [2.45, 2.75) is 26.2 Å². The van der Waals surface area contributed by atoms with Crippen molar-refractivity contribution in [2.75, 3.05) is 13.7 Å². The molecule has 58 valence electrons. The van der Waals surface area contributed by atoms with E-state index in [2.05, 4.69) is 13.0 Å². The zero-order valence-corrected chi connectivity index (χ0v) is 6.76. The predicted molar refractivity (Wildman–Crippen MR) is 40.5 cm³/mol. The second-order valence-corrected chi connectivity index (χ2v) is 2.42. The molecule has 0 heterocycles. The van der Waals surface area contributed by atoms with Gasteiger partial charge in [0.25, 0.3) is 0 Å². The molecule has 0 aromatic rings. The summed E-state index contributed by atoms with van der Waals surface area (Å²) < 4.78 is 4.91. The molecule has 0 aliphatic heterocycles. The van der Waals surface area contributed by atoms with Gasteiger partial charge in [0.15, 0.2) is 0 Å². The molecule has 1 atom stereocenters. The fourth-order valence-corrected chi connectivity index (χ4v) is 0.864. The summed E-state index contributed by atoms with van der Waals surface area (Å²) in [6.45, 7) is 2.89. The third-order valence-corrected chi connectivity index (χ3v) is 1.69. The van der Waals surface area contributed by atoms with E-state index in [4.69, 9.17) is 10.00 Å². The highest BCUT2D eigenvalue weighted by molar-refractivity contribution is 4.74. The van der Waals surface area contributed by atoms with Gasteiger partial charge in [-0.3, -0.25) is 0 Å². The normalized spacial score (nSPS) is 12.5. The molecule has 0 N–H and O–H groups in total. The Morgan fingerprint density at radius 2 is 2.30 bits per heavy atom. The topological polar surface area (TPSA) is 33.0 Å². The lowest BCUT2D eigenvalue weighted by atomic mass is 10.0. The van der Waals surface area contributed by atoms with Crippen molar-refractivity contribution in [3.8, 4) is 6.07 Å². The first-order valence-corrected chi connectivity index (χ1v) is 3.71. The van der Waals surface area contributed by atoms with Gasteiger partial charge in [0.2, 0.25) is 0 Å². The third kappa shape index (κ3) is 4.34. The van der Waals surface area contributed by atoms with Crippen molar-refractivity contribution in [1.82, 2.24) is 0 Å². The van der Waals surface area contributed by atoms with Gasteiger partial charge >= 0.3 is 0 Å². The summed E-state index contributed by atoms with van der Waals surface area (Å²) in [5.74, 6) is 0.532. The summed E-state index contributed by atoms with van der Waals surface area (Å²) >= 11 is 0. The van der Waals surface area contributed by atoms with Gasteiger partial charge in [-0.1, -0.05) is 13.3 Å². The van der Waals surface area contributed by atoms with Crippen LogP contribution in [0.15, 0.2) is 0 Å². The molecular formula is C8H15NO.